The smallest absolute Gasteiger partial charge is 0.475 e. The van der Waals surface area contributed by atoms with E-state index in [1.165, 1.54) is 0 Å². The lowest BCUT2D eigenvalue weighted by molar-refractivity contribution is -0.192. The van der Waals surface area contributed by atoms with Gasteiger partial charge in [0.25, 0.3) is 0 Å². The largest absolute Gasteiger partial charge is 0.490 e. The SMILES string of the molecule is O=C(O)C(F)(F)F.O=S1Cc2cccc(c2)Nc2nc(ncc2Cl)Nc2cccc1c2. The fourth-order valence-electron chi connectivity index (χ4n) is 2.47. The second kappa shape index (κ2) is 9.31. The summed E-state index contributed by atoms with van der Waals surface area (Å²) in [6, 6.07) is 15.2. The van der Waals surface area contributed by atoms with Gasteiger partial charge in [-0.3, -0.25) is 4.21 Å². The molecule has 1 aliphatic rings. The average Bonchev–Trinajstić information content (AvgIpc) is 2.70. The van der Waals surface area contributed by atoms with Crippen molar-refractivity contribution in [3.8, 4) is 0 Å². The lowest BCUT2D eigenvalue weighted by Crippen LogP contribution is -2.21. The summed E-state index contributed by atoms with van der Waals surface area (Å²) < 4.78 is 44.4. The van der Waals surface area contributed by atoms with Crippen molar-refractivity contribution in [2.75, 3.05) is 10.6 Å². The first-order chi connectivity index (χ1) is 14.6. The van der Waals surface area contributed by atoms with Gasteiger partial charge < -0.3 is 15.7 Å². The molecule has 1 atom stereocenters. The number of rotatable bonds is 0. The van der Waals surface area contributed by atoms with E-state index in [0.29, 0.717) is 22.5 Å². The summed E-state index contributed by atoms with van der Waals surface area (Å²) in [6.07, 6.45) is -3.54. The minimum absolute atomic E-state index is 0.417. The molecule has 0 aliphatic carbocycles. The third kappa shape index (κ3) is 6.15. The molecule has 7 nitrogen and oxygen atoms in total. The number of anilines is 4. The molecule has 0 saturated carbocycles. The van der Waals surface area contributed by atoms with Crippen LogP contribution in [-0.2, 0) is 21.3 Å². The standard InChI is InChI=1S/C17H13ClN4OS.C2HF3O2/c18-15-9-19-17-21-13-5-2-6-14(8-13)24(23)10-11-3-1-4-12(7-11)20-16(15)22-17;3-2(4,5)1(6)7/h1-9H,10H2,(H2,19,20,21,22);(H,6,7). The number of hydrogen-bond donors (Lipinski definition) is 3. The first-order valence-electron chi connectivity index (χ1n) is 8.56. The quantitative estimate of drug-likeness (QED) is 0.430. The Morgan fingerprint density at radius 1 is 1.10 bits per heavy atom. The van der Waals surface area contributed by atoms with E-state index >= 15 is 0 Å². The summed E-state index contributed by atoms with van der Waals surface area (Å²) in [6.45, 7) is 0. The highest BCUT2D eigenvalue weighted by atomic mass is 35.5. The zero-order valence-electron chi connectivity index (χ0n) is 15.5. The number of nitrogens with zero attached hydrogens (tertiary/aromatic N) is 2. The maximum atomic E-state index is 12.6. The van der Waals surface area contributed by atoms with Crippen molar-refractivity contribution in [2.45, 2.75) is 16.8 Å². The summed E-state index contributed by atoms with van der Waals surface area (Å²) in [5.41, 5.74) is 2.59. The molecule has 1 aliphatic heterocycles. The van der Waals surface area contributed by atoms with Crippen LogP contribution in [0.5, 0.6) is 0 Å². The Kier molecular flexibility index (Phi) is 6.76. The van der Waals surface area contributed by atoms with Crippen LogP contribution >= 0.6 is 11.6 Å². The number of carboxylic acids is 1. The van der Waals surface area contributed by atoms with Crippen molar-refractivity contribution in [3.63, 3.8) is 0 Å². The zero-order chi connectivity index (χ0) is 22.6. The summed E-state index contributed by atoms with van der Waals surface area (Å²) in [7, 11) is -1.14. The molecule has 2 heterocycles. The summed E-state index contributed by atoms with van der Waals surface area (Å²) in [4.78, 5) is 18.3. The molecular formula is C19H14ClF3N4O3S. The van der Waals surface area contributed by atoms with E-state index < -0.39 is 22.9 Å². The first-order valence-corrected chi connectivity index (χ1v) is 10.3. The monoisotopic (exact) mass is 470 g/mol. The number of nitrogens with one attached hydrogen (secondary N) is 2. The second-order valence-electron chi connectivity index (χ2n) is 6.16. The van der Waals surface area contributed by atoms with Gasteiger partial charge in [0.1, 0.15) is 5.02 Å². The second-order valence-corrected chi connectivity index (χ2v) is 8.02. The Balaban J connectivity index is 0.000000339. The molecule has 0 spiro atoms. The van der Waals surface area contributed by atoms with Crippen molar-refractivity contribution in [1.29, 1.82) is 0 Å². The Morgan fingerprint density at radius 2 is 1.74 bits per heavy atom. The van der Waals surface area contributed by atoms with Crippen LogP contribution in [0.15, 0.2) is 59.6 Å². The van der Waals surface area contributed by atoms with Gasteiger partial charge in [-0.1, -0.05) is 29.8 Å². The third-order valence-corrected chi connectivity index (χ3v) is 5.48. The molecule has 0 saturated heterocycles. The summed E-state index contributed by atoms with van der Waals surface area (Å²) >= 11 is 6.19. The summed E-state index contributed by atoms with van der Waals surface area (Å²) in [5.74, 6) is -1.38. The number of aliphatic carboxylic acids is 1. The third-order valence-electron chi connectivity index (χ3n) is 3.83. The van der Waals surface area contributed by atoms with Crippen LogP contribution < -0.4 is 10.6 Å². The Bertz CT molecular complexity index is 1140. The van der Waals surface area contributed by atoms with E-state index in [2.05, 4.69) is 20.6 Å². The number of aromatic nitrogens is 2. The number of carboxylic acid groups (broad SMARTS) is 1. The molecule has 0 radical (unpaired) electrons. The highest BCUT2D eigenvalue weighted by Gasteiger charge is 2.38. The molecular weight excluding hydrogens is 457 g/mol. The van der Waals surface area contributed by atoms with Crippen LogP contribution in [0.4, 0.5) is 36.3 Å². The van der Waals surface area contributed by atoms with Gasteiger partial charge in [-0.05, 0) is 35.9 Å². The Hall–Kier alpha value is -3.18. The average molecular weight is 471 g/mol. The molecule has 12 heteroatoms. The van der Waals surface area contributed by atoms with Gasteiger partial charge >= 0.3 is 12.1 Å². The van der Waals surface area contributed by atoms with Gasteiger partial charge in [-0.15, -0.1) is 0 Å². The van der Waals surface area contributed by atoms with Crippen molar-refractivity contribution in [1.82, 2.24) is 9.97 Å². The number of hydrogen-bond acceptors (Lipinski definition) is 6. The van der Waals surface area contributed by atoms with Crippen LogP contribution in [0.3, 0.4) is 0 Å². The predicted octanol–water partition coefficient (Wildman–Crippen LogP) is 4.87. The first kappa shape index (κ1) is 22.5. The van der Waals surface area contributed by atoms with Crippen LogP contribution in [0, 0.1) is 0 Å². The maximum Gasteiger partial charge on any atom is 0.490 e. The van der Waals surface area contributed by atoms with Gasteiger partial charge in [0.15, 0.2) is 5.82 Å². The van der Waals surface area contributed by atoms with Crippen LogP contribution in [0.1, 0.15) is 5.56 Å². The number of alkyl halides is 3. The zero-order valence-corrected chi connectivity index (χ0v) is 17.1. The van der Waals surface area contributed by atoms with E-state index in [-0.39, 0.29) is 0 Å². The fourth-order valence-corrected chi connectivity index (χ4v) is 3.75. The normalized spacial score (nSPS) is 14.9. The van der Waals surface area contributed by atoms with Gasteiger partial charge in [0.2, 0.25) is 5.95 Å². The Morgan fingerprint density at radius 3 is 2.42 bits per heavy atom. The van der Waals surface area contributed by atoms with E-state index in [0.717, 1.165) is 21.8 Å². The molecule has 1 unspecified atom stereocenters. The molecule has 3 N–H and O–H groups in total. The van der Waals surface area contributed by atoms with Crippen molar-refractivity contribution in [2.24, 2.45) is 0 Å². The molecule has 0 fully saturated rings. The summed E-state index contributed by atoms with van der Waals surface area (Å²) in [5, 5.41) is 13.9. The molecule has 162 valence electrons. The number of fused-ring (bicyclic) bond motifs is 6. The van der Waals surface area contributed by atoms with Crippen LogP contribution in [0.25, 0.3) is 0 Å². The minimum atomic E-state index is -5.08. The van der Waals surface area contributed by atoms with E-state index in [4.69, 9.17) is 21.5 Å². The molecule has 31 heavy (non-hydrogen) atoms. The van der Waals surface area contributed by atoms with Crippen LogP contribution in [0.2, 0.25) is 5.02 Å². The molecule has 4 rings (SSSR count). The fraction of sp³-hybridized carbons (Fsp3) is 0.105. The number of halogens is 4. The van der Waals surface area contributed by atoms with Gasteiger partial charge in [0, 0.05) is 16.3 Å². The van der Waals surface area contributed by atoms with Crippen molar-refractivity contribution >= 4 is 51.5 Å². The molecule has 1 aromatic heterocycles. The van der Waals surface area contributed by atoms with Gasteiger partial charge in [0.05, 0.1) is 22.7 Å². The number of carbonyl (C=O) groups is 1. The van der Waals surface area contributed by atoms with Crippen LogP contribution in [-0.4, -0.2) is 31.4 Å². The van der Waals surface area contributed by atoms with Gasteiger partial charge in [-0.25, -0.2) is 9.78 Å². The van der Waals surface area contributed by atoms with Crippen molar-refractivity contribution in [3.05, 3.63) is 65.3 Å². The van der Waals surface area contributed by atoms with E-state index in [1.807, 2.05) is 48.5 Å². The topological polar surface area (TPSA) is 104 Å². The maximum absolute atomic E-state index is 12.6. The lowest BCUT2D eigenvalue weighted by Gasteiger charge is -2.10. The van der Waals surface area contributed by atoms with E-state index in [1.54, 1.807) is 6.20 Å². The predicted molar refractivity (Wildman–Crippen MR) is 110 cm³/mol. The molecule has 6 bridgehead atoms. The van der Waals surface area contributed by atoms with Crippen molar-refractivity contribution < 1.29 is 27.3 Å². The highest BCUT2D eigenvalue weighted by molar-refractivity contribution is 7.84. The van der Waals surface area contributed by atoms with Gasteiger partial charge in [-0.2, -0.15) is 18.2 Å². The molecule has 3 aromatic rings. The lowest BCUT2D eigenvalue weighted by atomic mass is 10.2. The highest BCUT2D eigenvalue weighted by Crippen LogP contribution is 2.27. The number of benzene rings is 2. The van der Waals surface area contributed by atoms with E-state index in [9.17, 15) is 17.4 Å². The Labute approximate surface area is 181 Å². The molecule has 0 amide bonds. The minimum Gasteiger partial charge on any atom is -0.475 e. The molecule has 2 aromatic carbocycles.